The Hall–Kier alpha value is -1.81. The minimum absolute atomic E-state index is 0.125. The second-order valence-electron chi connectivity index (χ2n) is 5.77. The van der Waals surface area contributed by atoms with Crippen LogP contribution in [0.2, 0.25) is 0 Å². The number of carbonyl (C=O) groups excluding carboxylic acids is 1. The zero-order valence-corrected chi connectivity index (χ0v) is 12.9. The highest BCUT2D eigenvalue weighted by Crippen LogP contribution is 2.23. The van der Waals surface area contributed by atoms with E-state index in [9.17, 15) is 4.79 Å². The molecule has 0 unspecified atom stereocenters. The third-order valence-electron chi connectivity index (χ3n) is 3.04. The lowest BCUT2D eigenvalue weighted by molar-refractivity contribution is 0.252. The van der Waals surface area contributed by atoms with Crippen molar-refractivity contribution in [1.82, 2.24) is 5.32 Å². The van der Waals surface area contributed by atoms with Gasteiger partial charge in [0.1, 0.15) is 0 Å². The van der Waals surface area contributed by atoms with Gasteiger partial charge in [-0.15, -0.1) is 0 Å². The molecule has 20 heavy (non-hydrogen) atoms. The van der Waals surface area contributed by atoms with Crippen LogP contribution in [-0.2, 0) is 12.0 Å². The van der Waals surface area contributed by atoms with Crippen molar-refractivity contribution >= 4 is 23.1 Å². The molecule has 0 saturated carbocycles. The van der Waals surface area contributed by atoms with Crippen LogP contribution in [0, 0.1) is 0 Å². The van der Waals surface area contributed by atoms with E-state index in [2.05, 4.69) is 43.5 Å². The largest absolute Gasteiger partial charge is 0.334 e. The molecule has 2 aromatic rings. The molecule has 0 saturated heterocycles. The second kappa shape index (κ2) is 6.09. The van der Waals surface area contributed by atoms with Crippen LogP contribution in [0.15, 0.2) is 41.1 Å². The Labute approximate surface area is 124 Å². The summed E-state index contributed by atoms with van der Waals surface area (Å²) in [4.78, 5) is 11.8. The van der Waals surface area contributed by atoms with E-state index in [4.69, 9.17) is 0 Å². The average Bonchev–Trinajstić information content (AvgIpc) is 2.89. The fraction of sp³-hybridized carbons (Fsp3) is 0.312. The van der Waals surface area contributed by atoms with Gasteiger partial charge in [-0.25, -0.2) is 4.79 Å². The van der Waals surface area contributed by atoms with Crippen LogP contribution in [0.25, 0.3) is 0 Å². The van der Waals surface area contributed by atoms with E-state index in [1.165, 1.54) is 5.56 Å². The number of amides is 2. The molecule has 0 spiro atoms. The standard InChI is InChI=1S/C16H20N2OS/c1-16(2,3)13-4-6-14(7-5-13)18-15(19)17-10-12-8-9-20-11-12/h4-9,11H,10H2,1-3H3,(H2,17,18,19). The quantitative estimate of drug-likeness (QED) is 0.865. The number of urea groups is 1. The highest BCUT2D eigenvalue weighted by Gasteiger charge is 2.13. The van der Waals surface area contributed by atoms with Gasteiger partial charge in [0.15, 0.2) is 0 Å². The SMILES string of the molecule is CC(C)(C)c1ccc(NC(=O)NCc2ccsc2)cc1. The molecule has 0 fully saturated rings. The minimum Gasteiger partial charge on any atom is -0.334 e. The Bertz CT molecular complexity index is 553. The Morgan fingerprint density at radius 2 is 1.85 bits per heavy atom. The normalized spacial score (nSPS) is 11.2. The smallest absolute Gasteiger partial charge is 0.319 e. The van der Waals surface area contributed by atoms with E-state index in [-0.39, 0.29) is 11.4 Å². The lowest BCUT2D eigenvalue weighted by Crippen LogP contribution is -2.28. The van der Waals surface area contributed by atoms with Gasteiger partial charge in [0.25, 0.3) is 0 Å². The number of hydrogen-bond donors (Lipinski definition) is 2. The number of anilines is 1. The van der Waals surface area contributed by atoms with Gasteiger partial charge >= 0.3 is 6.03 Å². The molecule has 2 N–H and O–H groups in total. The maximum Gasteiger partial charge on any atom is 0.319 e. The first-order valence-electron chi connectivity index (χ1n) is 6.61. The van der Waals surface area contributed by atoms with E-state index in [1.807, 2.05) is 29.0 Å². The van der Waals surface area contributed by atoms with Crippen molar-refractivity contribution < 1.29 is 4.79 Å². The van der Waals surface area contributed by atoms with Crippen molar-refractivity contribution in [3.05, 3.63) is 52.2 Å². The predicted molar refractivity (Wildman–Crippen MR) is 85.3 cm³/mol. The molecule has 106 valence electrons. The summed E-state index contributed by atoms with van der Waals surface area (Å²) in [5.41, 5.74) is 3.30. The van der Waals surface area contributed by atoms with Gasteiger partial charge in [0.05, 0.1) is 0 Å². The fourth-order valence-corrected chi connectivity index (χ4v) is 2.47. The molecule has 0 radical (unpaired) electrons. The monoisotopic (exact) mass is 288 g/mol. The molecule has 0 atom stereocenters. The van der Waals surface area contributed by atoms with Crippen molar-refractivity contribution in [3.63, 3.8) is 0 Å². The molecule has 2 rings (SSSR count). The number of rotatable bonds is 3. The van der Waals surface area contributed by atoms with Crippen molar-refractivity contribution in [2.75, 3.05) is 5.32 Å². The van der Waals surface area contributed by atoms with Crippen molar-refractivity contribution in [1.29, 1.82) is 0 Å². The summed E-state index contributed by atoms with van der Waals surface area (Å²) < 4.78 is 0. The molecule has 1 aromatic heterocycles. The third kappa shape index (κ3) is 4.10. The van der Waals surface area contributed by atoms with E-state index in [1.54, 1.807) is 11.3 Å². The van der Waals surface area contributed by atoms with Crippen LogP contribution >= 0.6 is 11.3 Å². The summed E-state index contributed by atoms with van der Waals surface area (Å²) in [7, 11) is 0. The maximum absolute atomic E-state index is 11.8. The predicted octanol–water partition coefficient (Wildman–Crippen LogP) is 4.37. The highest BCUT2D eigenvalue weighted by molar-refractivity contribution is 7.07. The van der Waals surface area contributed by atoms with E-state index < -0.39 is 0 Å². The Balaban J connectivity index is 1.88. The molecule has 1 aromatic carbocycles. The van der Waals surface area contributed by atoms with Gasteiger partial charge in [-0.3, -0.25) is 0 Å². The highest BCUT2D eigenvalue weighted by atomic mass is 32.1. The fourth-order valence-electron chi connectivity index (χ4n) is 1.80. The van der Waals surface area contributed by atoms with Gasteiger partial charge in [0, 0.05) is 12.2 Å². The van der Waals surface area contributed by atoms with E-state index >= 15 is 0 Å². The molecule has 2 amide bonds. The van der Waals surface area contributed by atoms with Crippen LogP contribution in [0.5, 0.6) is 0 Å². The summed E-state index contributed by atoms with van der Waals surface area (Å²) >= 11 is 1.63. The van der Waals surface area contributed by atoms with Crippen LogP contribution in [0.3, 0.4) is 0 Å². The molecule has 0 bridgehead atoms. The van der Waals surface area contributed by atoms with Gasteiger partial charge in [-0.1, -0.05) is 32.9 Å². The average molecular weight is 288 g/mol. The summed E-state index contributed by atoms with van der Waals surface area (Å²) in [5.74, 6) is 0. The molecular weight excluding hydrogens is 268 g/mol. The van der Waals surface area contributed by atoms with Crippen molar-refractivity contribution in [3.8, 4) is 0 Å². The van der Waals surface area contributed by atoms with Gasteiger partial charge < -0.3 is 10.6 Å². The number of hydrogen-bond acceptors (Lipinski definition) is 2. The molecule has 3 nitrogen and oxygen atoms in total. The number of carbonyl (C=O) groups is 1. The molecule has 4 heteroatoms. The lowest BCUT2D eigenvalue weighted by Gasteiger charge is -2.19. The Morgan fingerprint density at radius 1 is 1.15 bits per heavy atom. The molecular formula is C16H20N2OS. The topological polar surface area (TPSA) is 41.1 Å². The van der Waals surface area contributed by atoms with Gasteiger partial charge in [0.2, 0.25) is 0 Å². The van der Waals surface area contributed by atoms with Crippen molar-refractivity contribution in [2.45, 2.75) is 32.7 Å². The van der Waals surface area contributed by atoms with Crippen LogP contribution < -0.4 is 10.6 Å². The van der Waals surface area contributed by atoms with Crippen LogP contribution in [-0.4, -0.2) is 6.03 Å². The Morgan fingerprint density at radius 3 is 2.40 bits per heavy atom. The van der Waals surface area contributed by atoms with E-state index in [0.717, 1.165) is 11.3 Å². The van der Waals surface area contributed by atoms with E-state index in [0.29, 0.717) is 6.54 Å². The van der Waals surface area contributed by atoms with Crippen LogP contribution in [0.1, 0.15) is 31.9 Å². The second-order valence-corrected chi connectivity index (χ2v) is 6.55. The summed E-state index contributed by atoms with van der Waals surface area (Å²) in [6.07, 6.45) is 0. The number of nitrogens with one attached hydrogen (secondary N) is 2. The van der Waals surface area contributed by atoms with Gasteiger partial charge in [-0.2, -0.15) is 11.3 Å². The summed E-state index contributed by atoms with van der Waals surface area (Å²) in [6.45, 7) is 7.06. The molecule has 0 aliphatic carbocycles. The maximum atomic E-state index is 11.8. The molecule has 1 heterocycles. The number of thiophene rings is 1. The summed E-state index contributed by atoms with van der Waals surface area (Å²) in [6, 6.07) is 9.79. The first-order valence-corrected chi connectivity index (χ1v) is 7.56. The number of benzene rings is 1. The Kier molecular flexibility index (Phi) is 4.45. The van der Waals surface area contributed by atoms with Crippen molar-refractivity contribution in [2.24, 2.45) is 0 Å². The van der Waals surface area contributed by atoms with Crippen LogP contribution in [0.4, 0.5) is 10.5 Å². The first kappa shape index (κ1) is 14.6. The third-order valence-corrected chi connectivity index (χ3v) is 3.77. The summed E-state index contributed by atoms with van der Waals surface area (Å²) in [5, 5.41) is 9.70. The zero-order valence-electron chi connectivity index (χ0n) is 12.1. The molecule has 0 aliphatic heterocycles. The minimum atomic E-state index is -0.181. The molecule has 0 aliphatic rings. The van der Waals surface area contributed by atoms with Gasteiger partial charge in [-0.05, 0) is 45.5 Å². The first-order chi connectivity index (χ1) is 9.45. The lowest BCUT2D eigenvalue weighted by atomic mass is 9.87. The zero-order chi connectivity index (χ0) is 14.6.